The van der Waals surface area contributed by atoms with E-state index < -0.39 is 51.5 Å². The number of hydrogen-bond donors (Lipinski definition) is 0. The summed E-state index contributed by atoms with van der Waals surface area (Å²) >= 11 is 0. The summed E-state index contributed by atoms with van der Waals surface area (Å²) in [6.07, 6.45) is -1.00. The summed E-state index contributed by atoms with van der Waals surface area (Å²) < 4.78 is 46.8. The third kappa shape index (κ3) is 4.69. The van der Waals surface area contributed by atoms with Crippen molar-refractivity contribution < 1.29 is 36.4 Å². The number of nitrogens with zero attached hydrogens (tertiary/aromatic N) is 1. The molecule has 9 nitrogen and oxygen atoms in total. The number of ether oxygens (including phenoxy) is 3. The Labute approximate surface area is 191 Å². The summed E-state index contributed by atoms with van der Waals surface area (Å²) in [6, 6.07) is 0.296. The van der Waals surface area contributed by atoms with Crippen LogP contribution in [0.25, 0.3) is 0 Å². The SMILES string of the molecule is COC(OC(=O)C1C2CC(C3COS(=O)(=O)C32)C1OC(=O)CN(C(C)C)C(C)C)C(C)C. The Morgan fingerprint density at radius 2 is 1.66 bits per heavy atom. The molecule has 1 heterocycles. The van der Waals surface area contributed by atoms with E-state index >= 15 is 0 Å². The maximum atomic E-state index is 13.2. The van der Waals surface area contributed by atoms with Gasteiger partial charge in [-0.15, -0.1) is 0 Å². The Morgan fingerprint density at radius 1 is 1.03 bits per heavy atom. The van der Waals surface area contributed by atoms with Crippen molar-refractivity contribution >= 4 is 22.1 Å². The zero-order chi connectivity index (χ0) is 24.0. The lowest BCUT2D eigenvalue weighted by atomic mass is 9.79. The van der Waals surface area contributed by atoms with Gasteiger partial charge in [0.15, 0.2) is 0 Å². The second-order valence-electron chi connectivity index (χ2n) is 10.1. The smallest absolute Gasteiger partial charge is 0.320 e. The number of esters is 2. The molecule has 3 fully saturated rings. The van der Waals surface area contributed by atoms with Crippen molar-refractivity contribution in [2.75, 3.05) is 20.3 Å². The van der Waals surface area contributed by atoms with Crippen LogP contribution in [0.2, 0.25) is 0 Å². The molecule has 3 rings (SSSR count). The van der Waals surface area contributed by atoms with Crippen LogP contribution in [0.4, 0.5) is 0 Å². The van der Waals surface area contributed by atoms with Crippen LogP contribution in [0.15, 0.2) is 0 Å². The van der Waals surface area contributed by atoms with Crippen LogP contribution >= 0.6 is 0 Å². The molecule has 0 amide bonds. The normalized spacial score (nSPS) is 33.8. The summed E-state index contributed by atoms with van der Waals surface area (Å²) in [7, 11) is -2.30. The molecular weight excluding hydrogens is 438 g/mol. The van der Waals surface area contributed by atoms with Gasteiger partial charge in [0, 0.05) is 36.9 Å². The van der Waals surface area contributed by atoms with E-state index in [4.69, 9.17) is 18.4 Å². The Bertz CT molecular complexity index is 803. The number of fused-ring (bicyclic) bond motifs is 5. The predicted molar refractivity (Wildman–Crippen MR) is 116 cm³/mol. The van der Waals surface area contributed by atoms with E-state index in [0.29, 0.717) is 6.42 Å². The second kappa shape index (κ2) is 9.56. The zero-order valence-electron chi connectivity index (χ0n) is 20.0. The lowest BCUT2D eigenvalue weighted by Gasteiger charge is -2.36. The lowest BCUT2D eigenvalue weighted by Crippen LogP contribution is -2.50. The van der Waals surface area contributed by atoms with Crippen molar-refractivity contribution in [3.63, 3.8) is 0 Å². The van der Waals surface area contributed by atoms with E-state index in [9.17, 15) is 18.0 Å². The van der Waals surface area contributed by atoms with Gasteiger partial charge in [-0.25, -0.2) is 0 Å². The topological polar surface area (TPSA) is 108 Å². The maximum Gasteiger partial charge on any atom is 0.320 e. The molecule has 3 aliphatic rings. The minimum atomic E-state index is -3.75. The number of carbonyl (C=O) groups is 2. The van der Waals surface area contributed by atoms with Crippen molar-refractivity contribution in [1.82, 2.24) is 4.90 Å². The molecule has 0 radical (unpaired) electrons. The number of methoxy groups -OCH3 is 1. The second-order valence-corrected chi connectivity index (χ2v) is 11.9. The first-order valence-corrected chi connectivity index (χ1v) is 12.9. The summed E-state index contributed by atoms with van der Waals surface area (Å²) in [6.45, 7) is 11.9. The molecule has 0 aromatic heterocycles. The summed E-state index contributed by atoms with van der Waals surface area (Å²) in [5, 5.41) is -0.761. The van der Waals surface area contributed by atoms with E-state index in [0.717, 1.165) is 0 Å². The predicted octanol–water partition coefficient (Wildman–Crippen LogP) is 1.80. The van der Waals surface area contributed by atoms with E-state index in [-0.39, 0.29) is 43.0 Å². The molecule has 7 atom stereocenters. The van der Waals surface area contributed by atoms with Crippen LogP contribution in [-0.2, 0) is 38.1 Å². The number of rotatable bonds is 9. The Balaban J connectivity index is 1.83. The van der Waals surface area contributed by atoms with Gasteiger partial charge in [0.1, 0.15) is 6.10 Å². The first-order chi connectivity index (χ1) is 14.9. The van der Waals surface area contributed by atoms with Crippen molar-refractivity contribution in [2.24, 2.45) is 29.6 Å². The van der Waals surface area contributed by atoms with Crippen molar-refractivity contribution in [1.29, 1.82) is 0 Å². The average Bonchev–Trinajstić information content (AvgIpc) is 3.33. The summed E-state index contributed by atoms with van der Waals surface area (Å²) in [5.41, 5.74) is 0. The van der Waals surface area contributed by atoms with Gasteiger partial charge in [-0.05, 0) is 40.0 Å². The molecule has 2 bridgehead atoms. The van der Waals surface area contributed by atoms with Gasteiger partial charge in [-0.3, -0.25) is 18.7 Å². The maximum absolute atomic E-state index is 13.2. The number of carbonyl (C=O) groups excluding carboxylic acids is 2. The van der Waals surface area contributed by atoms with E-state index in [1.165, 1.54) is 7.11 Å². The fraction of sp³-hybridized carbons (Fsp3) is 0.909. The quantitative estimate of drug-likeness (QED) is 0.280. The van der Waals surface area contributed by atoms with Gasteiger partial charge in [-0.1, -0.05) is 13.8 Å². The average molecular weight is 476 g/mol. The molecule has 184 valence electrons. The lowest BCUT2D eigenvalue weighted by molar-refractivity contribution is -0.195. The molecule has 7 unspecified atom stereocenters. The van der Waals surface area contributed by atoms with Crippen molar-refractivity contribution in [2.45, 2.75) is 77.7 Å². The van der Waals surface area contributed by atoms with Gasteiger partial charge in [0.05, 0.1) is 24.3 Å². The molecule has 0 spiro atoms. The molecule has 1 saturated heterocycles. The van der Waals surface area contributed by atoms with Crippen LogP contribution in [0, 0.1) is 29.6 Å². The highest BCUT2D eigenvalue weighted by Gasteiger charge is 2.68. The van der Waals surface area contributed by atoms with Crippen LogP contribution in [0.1, 0.15) is 48.0 Å². The fourth-order valence-electron chi connectivity index (χ4n) is 5.74. The third-order valence-electron chi connectivity index (χ3n) is 7.12. The first kappa shape index (κ1) is 25.4. The minimum Gasteiger partial charge on any atom is -0.460 e. The molecule has 2 aliphatic carbocycles. The molecule has 0 aromatic carbocycles. The van der Waals surface area contributed by atoms with Crippen LogP contribution in [0.3, 0.4) is 0 Å². The highest BCUT2D eigenvalue weighted by atomic mass is 32.2. The van der Waals surface area contributed by atoms with E-state index in [2.05, 4.69) is 0 Å². The Hall–Kier alpha value is -1.23. The largest absolute Gasteiger partial charge is 0.460 e. The molecule has 0 aromatic rings. The summed E-state index contributed by atoms with van der Waals surface area (Å²) in [4.78, 5) is 28.1. The molecule has 10 heteroatoms. The van der Waals surface area contributed by atoms with Crippen LogP contribution in [0.5, 0.6) is 0 Å². The van der Waals surface area contributed by atoms with Gasteiger partial charge in [0.25, 0.3) is 10.1 Å². The summed E-state index contributed by atoms with van der Waals surface area (Å²) in [5.74, 6) is -2.98. The van der Waals surface area contributed by atoms with Crippen LogP contribution < -0.4 is 0 Å². The molecular formula is C22H37NO8S. The van der Waals surface area contributed by atoms with Crippen molar-refractivity contribution in [3.05, 3.63) is 0 Å². The molecule has 2 saturated carbocycles. The van der Waals surface area contributed by atoms with Gasteiger partial charge in [0.2, 0.25) is 6.29 Å². The van der Waals surface area contributed by atoms with E-state index in [1.807, 2.05) is 46.4 Å². The van der Waals surface area contributed by atoms with Gasteiger partial charge < -0.3 is 14.2 Å². The molecule has 0 N–H and O–H groups in total. The first-order valence-electron chi connectivity index (χ1n) is 11.5. The fourth-order valence-corrected chi connectivity index (χ4v) is 7.66. The highest BCUT2D eigenvalue weighted by Crippen LogP contribution is 2.58. The Morgan fingerprint density at radius 3 is 2.19 bits per heavy atom. The van der Waals surface area contributed by atoms with E-state index in [1.54, 1.807) is 0 Å². The monoisotopic (exact) mass is 475 g/mol. The Kier molecular flexibility index (Phi) is 7.59. The van der Waals surface area contributed by atoms with Crippen molar-refractivity contribution in [3.8, 4) is 0 Å². The number of hydrogen-bond acceptors (Lipinski definition) is 9. The van der Waals surface area contributed by atoms with Gasteiger partial charge in [-0.2, -0.15) is 8.42 Å². The molecule has 1 aliphatic heterocycles. The standard InChI is InChI=1S/C22H37NO8S/c1-11(2)22(28-7)31-21(25)18-15-8-14(16-10-29-32(26,27)20(15)16)19(18)30-17(24)9-23(12(3)4)13(5)6/h11-16,18-20,22H,8-10H2,1-7H3. The highest BCUT2D eigenvalue weighted by molar-refractivity contribution is 7.87. The van der Waals surface area contributed by atoms with Crippen LogP contribution in [-0.4, -0.2) is 75.2 Å². The minimum absolute atomic E-state index is 0.0702. The zero-order valence-corrected chi connectivity index (χ0v) is 20.8. The molecule has 32 heavy (non-hydrogen) atoms. The van der Waals surface area contributed by atoms with Gasteiger partial charge >= 0.3 is 11.9 Å². The third-order valence-corrected chi connectivity index (χ3v) is 8.95.